The van der Waals surface area contributed by atoms with E-state index in [0.29, 0.717) is 11.5 Å². The molecule has 0 aromatic heterocycles. The van der Waals surface area contributed by atoms with Gasteiger partial charge in [-0.25, -0.2) is 0 Å². The first-order valence-electron chi connectivity index (χ1n) is 7.17. The lowest BCUT2D eigenvalue weighted by Crippen LogP contribution is -2.05. The van der Waals surface area contributed by atoms with Crippen molar-refractivity contribution < 1.29 is 23.4 Å². The SMILES string of the molecule is CC(C)OP(Oc1ccc([N+](=O)[O-])cc1)Oc1ccc([N+](=O)[O-])cc1. The van der Waals surface area contributed by atoms with Gasteiger partial charge in [0, 0.05) is 24.3 Å². The minimum atomic E-state index is -1.84. The molecule has 0 amide bonds. The maximum atomic E-state index is 10.7. The van der Waals surface area contributed by atoms with Crippen LogP contribution in [0.2, 0.25) is 0 Å². The van der Waals surface area contributed by atoms with Crippen LogP contribution in [0.15, 0.2) is 48.5 Å². The molecule has 0 spiro atoms. The Morgan fingerprint density at radius 3 is 1.44 bits per heavy atom. The van der Waals surface area contributed by atoms with Crippen LogP contribution in [0.1, 0.15) is 13.8 Å². The smallest absolute Gasteiger partial charge is 0.418 e. The zero-order valence-electron chi connectivity index (χ0n) is 13.4. The van der Waals surface area contributed by atoms with E-state index in [1.807, 2.05) is 0 Å². The number of nitrogens with zero attached hydrogens (tertiary/aromatic N) is 2. The maximum absolute atomic E-state index is 10.7. The second-order valence-corrected chi connectivity index (χ2v) is 6.09. The Bertz CT molecular complexity index is 675. The van der Waals surface area contributed by atoms with E-state index in [1.165, 1.54) is 48.5 Å². The van der Waals surface area contributed by atoms with Crippen LogP contribution in [0.3, 0.4) is 0 Å². The molecule has 0 unspecified atom stereocenters. The summed E-state index contributed by atoms with van der Waals surface area (Å²) in [6, 6.07) is 11.0. The normalized spacial score (nSPS) is 10.7. The molecule has 0 bridgehead atoms. The Balaban J connectivity index is 2.09. The lowest BCUT2D eigenvalue weighted by Gasteiger charge is -2.19. The van der Waals surface area contributed by atoms with Gasteiger partial charge in [0.2, 0.25) is 0 Å². The maximum Gasteiger partial charge on any atom is 0.463 e. The van der Waals surface area contributed by atoms with Gasteiger partial charge in [-0.05, 0) is 38.1 Å². The molecule has 0 heterocycles. The number of benzene rings is 2. The summed E-state index contributed by atoms with van der Waals surface area (Å²) in [5, 5.41) is 21.3. The van der Waals surface area contributed by atoms with E-state index in [1.54, 1.807) is 13.8 Å². The van der Waals surface area contributed by atoms with Crippen LogP contribution in [0.25, 0.3) is 0 Å². The van der Waals surface area contributed by atoms with Crippen molar-refractivity contribution in [3.63, 3.8) is 0 Å². The van der Waals surface area contributed by atoms with Gasteiger partial charge in [0.25, 0.3) is 11.4 Å². The van der Waals surface area contributed by atoms with Gasteiger partial charge in [0.15, 0.2) is 0 Å². The van der Waals surface area contributed by atoms with Crippen LogP contribution in [-0.4, -0.2) is 16.0 Å². The molecular formula is C15H15N2O7P. The van der Waals surface area contributed by atoms with Gasteiger partial charge in [-0.3, -0.25) is 24.8 Å². The largest absolute Gasteiger partial charge is 0.463 e. The summed E-state index contributed by atoms with van der Waals surface area (Å²) in [6.07, 6.45) is -0.192. The Morgan fingerprint density at radius 2 is 1.16 bits per heavy atom. The first kappa shape index (κ1) is 18.6. The number of rotatable bonds is 8. The third kappa shape index (κ3) is 5.66. The lowest BCUT2D eigenvalue weighted by atomic mass is 10.3. The van der Waals surface area contributed by atoms with E-state index in [-0.39, 0.29) is 17.5 Å². The molecule has 10 heteroatoms. The number of non-ortho nitro benzene ring substituents is 2. The molecule has 0 atom stereocenters. The van der Waals surface area contributed by atoms with Crippen LogP contribution in [0.5, 0.6) is 11.5 Å². The molecule has 2 aromatic rings. The molecule has 9 nitrogen and oxygen atoms in total. The molecule has 0 aliphatic heterocycles. The van der Waals surface area contributed by atoms with Crippen LogP contribution >= 0.6 is 8.60 Å². The van der Waals surface area contributed by atoms with E-state index in [0.717, 1.165) is 0 Å². The summed E-state index contributed by atoms with van der Waals surface area (Å²) in [6.45, 7) is 3.60. The van der Waals surface area contributed by atoms with Crippen molar-refractivity contribution in [2.24, 2.45) is 0 Å². The predicted molar refractivity (Wildman–Crippen MR) is 90.6 cm³/mol. The third-order valence-corrected chi connectivity index (χ3v) is 4.07. The molecule has 0 aliphatic rings. The van der Waals surface area contributed by atoms with E-state index in [4.69, 9.17) is 13.6 Å². The minimum Gasteiger partial charge on any atom is -0.418 e. The molecule has 0 radical (unpaired) electrons. The quantitative estimate of drug-likeness (QED) is 0.380. The van der Waals surface area contributed by atoms with Crippen LogP contribution in [0.4, 0.5) is 11.4 Å². The standard InChI is InChI=1S/C15H15N2O7P/c1-11(2)22-25(23-14-7-3-12(4-8-14)16(18)19)24-15-9-5-13(6-10-15)17(20)21/h3-11H,1-2H3. The average molecular weight is 366 g/mol. The lowest BCUT2D eigenvalue weighted by molar-refractivity contribution is -0.385. The van der Waals surface area contributed by atoms with Gasteiger partial charge in [0.1, 0.15) is 11.5 Å². The second kappa shape index (κ2) is 8.36. The van der Waals surface area contributed by atoms with Crippen molar-refractivity contribution in [2.75, 3.05) is 0 Å². The third-order valence-electron chi connectivity index (χ3n) is 2.75. The topological polar surface area (TPSA) is 114 Å². The van der Waals surface area contributed by atoms with Crippen LogP contribution in [0, 0.1) is 20.2 Å². The van der Waals surface area contributed by atoms with E-state index in [2.05, 4.69) is 0 Å². The molecule has 0 saturated heterocycles. The van der Waals surface area contributed by atoms with Crippen molar-refractivity contribution >= 4 is 20.0 Å². The molecule has 25 heavy (non-hydrogen) atoms. The number of hydrogen-bond donors (Lipinski definition) is 0. The Kier molecular flexibility index (Phi) is 6.21. The summed E-state index contributed by atoms with van der Waals surface area (Å²) in [7, 11) is -1.84. The summed E-state index contributed by atoms with van der Waals surface area (Å²) in [5.41, 5.74) is -0.115. The van der Waals surface area contributed by atoms with Gasteiger partial charge < -0.3 is 9.05 Å². The molecule has 0 N–H and O–H groups in total. The van der Waals surface area contributed by atoms with Gasteiger partial charge in [0.05, 0.1) is 16.0 Å². The highest BCUT2D eigenvalue weighted by Crippen LogP contribution is 2.43. The van der Waals surface area contributed by atoms with Crippen molar-refractivity contribution in [3.05, 3.63) is 68.8 Å². The summed E-state index contributed by atoms with van der Waals surface area (Å²) in [5.74, 6) is 0.693. The average Bonchev–Trinajstić information content (AvgIpc) is 2.55. The fraction of sp³-hybridized carbons (Fsp3) is 0.200. The van der Waals surface area contributed by atoms with Gasteiger partial charge in [-0.1, -0.05) is 0 Å². The zero-order chi connectivity index (χ0) is 18.4. The van der Waals surface area contributed by atoms with Crippen LogP contribution in [-0.2, 0) is 4.52 Å². The first-order chi connectivity index (χ1) is 11.8. The Morgan fingerprint density at radius 1 is 0.800 bits per heavy atom. The van der Waals surface area contributed by atoms with E-state index in [9.17, 15) is 20.2 Å². The summed E-state index contributed by atoms with van der Waals surface area (Å²) >= 11 is 0. The molecule has 132 valence electrons. The fourth-order valence-corrected chi connectivity index (χ4v) is 2.72. The molecule has 0 aliphatic carbocycles. The van der Waals surface area contributed by atoms with E-state index < -0.39 is 18.4 Å². The van der Waals surface area contributed by atoms with Crippen LogP contribution < -0.4 is 9.05 Å². The first-order valence-corrected chi connectivity index (χ1v) is 8.26. The van der Waals surface area contributed by atoms with Crippen molar-refractivity contribution in [2.45, 2.75) is 20.0 Å². The second-order valence-electron chi connectivity index (χ2n) is 5.06. The monoisotopic (exact) mass is 366 g/mol. The predicted octanol–water partition coefficient (Wildman–Crippen LogP) is 4.61. The molecule has 0 fully saturated rings. The van der Waals surface area contributed by atoms with Gasteiger partial charge >= 0.3 is 8.60 Å². The van der Waals surface area contributed by atoms with Gasteiger partial charge in [-0.2, -0.15) is 0 Å². The van der Waals surface area contributed by atoms with E-state index >= 15 is 0 Å². The highest BCUT2D eigenvalue weighted by Gasteiger charge is 2.20. The fourth-order valence-electron chi connectivity index (χ4n) is 1.66. The van der Waals surface area contributed by atoms with Crippen molar-refractivity contribution in [3.8, 4) is 11.5 Å². The Labute approximate surface area is 144 Å². The molecule has 2 rings (SSSR count). The minimum absolute atomic E-state index is 0.0576. The highest BCUT2D eigenvalue weighted by atomic mass is 31.2. The van der Waals surface area contributed by atoms with Crippen molar-refractivity contribution in [1.82, 2.24) is 0 Å². The summed E-state index contributed by atoms with van der Waals surface area (Å²) in [4.78, 5) is 20.3. The number of hydrogen-bond acceptors (Lipinski definition) is 7. The highest BCUT2D eigenvalue weighted by molar-refractivity contribution is 7.42. The summed E-state index contributed by atoms with van der Waals surface area (Å²) < 4.78 is 16.8. The molecule has 0 saturated carbocycles. The molecular weight excluding hydrogens is 351 g/mol. The number of nitro groups is 2. The van der Waals surface area contributed by atoms with Gasteiger partial charge in [-0.15, -0.1) is 0 Å². The zero-order valence-corrected chi connectivity index (χ0v) is 14.3. The Hall–Kier alpha value is -2.77. The number of nitro benzene ring substituents is 2. The van der Waals surface area contributed by atoms with Crippen molar-refractivity contribution in [1.29, 1.82) is 0 Å². The molecule has 2 aromatic carbocycles.